The molecule has 0 spiro atoms. The van der Waals surface area contributed by atoms with Gasteiger partial charge >= 0.3 is 0 Å². The zero-order valence-corrected chi connectivity index (χ0v) is 17.8. The molecule has 3 aromatic rings. The molecule has 31 heavy (non-hydrogen) atoms. The van der Waals surface area contributed by atoms with Crippen molar-refractivity contribution >= 4 is 22.8 Å². The van der Waals surface area contributed by atoms with Crippen molar-refractivity contribution in [3.63, 3.8) is 0 Å². The monoisotopic (exact) mass is 423 g/mol. The molecule has 0 amide bonds. The smallest absolute Gasteiger partial charge is 0.229 e. The molecule has 0 unspecified atom stereocenters. The van der Waals surface area contributed by atoms with Crippen LogP contribution in [0.3, 0.4) is 0 Å². The Morgan fingerprint density at radius 3 is 2.19 bits per heavy atom. The van der Waals surface area contributed by atoms with Crippen molar-refractivity contribution in [1.82, 2.24) is 15.0 Å². The lowest BCUT2D eigenvalue weighted by molar-refractivity contribution is 0.0973. The van der Waals surface area contributed by atoms with Crippen LogP contribution < -0.4 is 9.80 Å². The number of benzene rings is 1. The largest absolute Gasteiger partial charge is 0.377 e. The Kier molecular flexibility index (Phi) is 5.41. The Labute approximate surface area is 180 Å². The molecule has 2 fully saturated rings. The second kappa shape index (κ2) is 8.36. The van der Waals surface area contributed by atoms with Gasteiger partial charge in [-0.3, -0.25) is 0 Å². The number of rotatable bonds is 3. The second-order valence-electron chi connectivity index (χ2n) is 8.16. The molecule has 7 nitrogen and oxygen atoms in total. The fourth-order valence-electron chi connectivity index (χ4n) is 4.18. The van der Waals surface area contributed by atoms with Crippen LogP contribution >= 0.6 is 0 Å². The predicted molar refractivity (Wildman–Crippen MR) is 118 cm³/mol. The predicted octanol–water partition coefficient (Wildman–Crippen LogP) is 3.28. The third-order valence-electron chi connectivity index (χ3n) is 5.93. The van der Waals surface area contributed by atoms with E-state index in [2.05, 4.69) is 23.6 Å². The molecule has 2 saturated heterocycles. The van der Waals surface area contributed by atoms with Crippen LogP contribution in [-0.2, 0) is 9.47 Å². The van der Waals surface area contributed by atoms with E-state index in [1.807, 2.05) is 12.1 Å². The summed E-state index contributed by atoms with van der Waals surface area (Å²) in [4.78, 5) is 19.2. The van der Waals surface area contributed by atoms with Gasteiger partial charge in [-0.15, -0.1) is 0 Å². The van der Waals surface area contributed by atoms with E-state index in [1.54, 1.807) is 12.1 Å². The third-order valence-corrected chi connectivity index (χ3v) is 5.93. The Morgan fingerprint density at radius 2 is 1.52 bits per heavy atom. The molecule has 2 aromatic heterocycles. The zero-order valence-electron chi connectivity index (χ0n) is 17.8. The van der Waals surface area contributed by atoms with Gasteiger partial charge in [0.2, 0.25) is 5.95 Å². The van der Waals surface area contributed by atoms with Gasteiger partial charge in [0.05, 0.1) is 49.6 Å². The van der Waals surface area contributed by atoms with Gasteiger partial charge in [-0.2, -0.15) is 9.97 Å². The van der Waals surface area contributed by atoms with Crippen LogP contribution in [-0.4, -0.2) is 66.6 Å². The minimum atomic E-state index is -0.265. The van der Waals surface area contributed by atoms with Crippen LogP contribution in [0.5, 0.6) is 0 Å². The summed E-state index contributed by atoms with van der Waals surface area (Å²) in [5, 5.41) is 0.907. The molecule has 8 heteroatoms. The van der Waals surface area contributed by atoms with Gasteiger partial charge in [-0.05, 0) is 50.2 Å². The lowest BCUT2D eigenvalue weighted by Gasteiger charge is -2.37. The number of aromatic nitrogens is 3. The number of hydrogen-bond donors (Lipinski definition) is 0. The van der Waals surface area contributed by atoms with Crippen molar-refractivity contribution in [2.45, 2.75) is 25.9 Å². The molecule has 2 aliphatic heterocycles. The highest BCUT2D eigenvalue weighted by Gasteiger charge is 2.27. The van der Waals surface area contributed by atoms with Crippen molar-refractivity contribution in [3.8, 4) is 11.3 Å². The van der Waals surface area contributed by atoms with Crippen molar-refractivity contribution in [1.29, 1.82) is 0 Å². The van der Waals surface area contributed by atoms with Crippen molar-refractivity contribution in [2.24, 2.45) is 0 Å². The second-order valence-corrected chi connectivity index (χ2v) is 8.16. The summed E-state index contributed by atoms with van der Waals surface area (Å²) in [6.45, 7) is 8.39. The van der Waals surface area contributed by atoms with E-state index in [0.29, 0.717) is 38.0 Å². The number of pyridine rings is 1. The number of morpholine rings is 2. The molecule has 4 heterocycles. The highest BCUT2D eigenvalue weighted by atomic mass is 19.1. The lowest BCUT2D eigenvalue weighted by atomic mass is 10.1. The Morgan fingerprint density at radius 1 is 0.839 bits per heavy atom. The van der Waals surface area contributed by atoms with Crippen LogP contribution in [0.4, 0.5) is 16.2 Å². The molecule has 0 bridgehead atoms. The van der Waals surface area contributed by atoms with Crippen molar-refractivity contribution in [2.75, 3.05) is 49.3 Å². The molecular weight excluding hydrogens is 397 g/mol. The summed E-state index contributed by atoms with van der Waals surface area (Å²) >= 11 is 0. The van der Waals surface area contributed by atoms with E-state index in [0.717, 1.165) is 35.6 Å². The average Bonchev–Trinajstić information content (AvgIpc) is 2.79. The first kappa shape index (κ1) is 20.1. The molecule has 1 aromatic carbocycles. The Hall–Kier alpha value is -2.84. The van der Waals surface area contributed by atoms with E-state index in [1.165, 1.54) is 12.1 Å². The van der Waals surface area contributed by atoms with Gasteiger partial charge in [0.1, 0.15) is 11.6 Å². The SMILES string of the molecule is C[C@H]1COCCN1c1nc(N2CCOC[C@@H]2C)c2ccc(-c3ccc(F)cc3)nc2n1. The van der Waals surface area contributed by atoms with Gasteiger partial charge < -0.3 is 19.3 Å². The molecule has 0 radical (unpaired) electrons. The molecule has 0 saturated carbocycles. The van der Waals surface area contributed by atoms with Crippen molar-refractivity contribution < 1.29 is 13.9 Å². The summed E-state index contributed by atoms with van der Waals surface area (Å²) in [5.41, 5.74) is 2.25. The van der Waals surface area contributed by atoms with Crippen LogP contribution in [0.25, 0.3) is 22.3 Å². The number of hydrogen-bond acceptors (Lipinski definition) is 7. The Bertz CT molecular complexity index is 1080. The molecule has 162 valence electrons. The maximum atomic E-state index is 13.4. The quantitative estimate of drug-likeness (QED) is 0.641. The lowest BCUT2D eigenvalue weighted by Crippen LogP contribution is -2.46. The van der Waals surface area contributed by atoms with Gasteiger partial charge in [0, 0.05) is 18.7 Å². The number of fused-ring (bicyclic) bond motifs is 1. The summed E-state index contributed by atoms with van der Waals surface area (Å²) in [7, 11) is 0. The first-order chi connectivity index (χ1) is 15.1. The minimum absolute atomic E-state index is 0.182. The van der Waals surface area contributed by atoms with Crippen LogP contribution in [0, 0.1) is 5.82 Å². The van der Waals surface area contributed by atoms with Crippen LogP contribution in [0.15, 0.2) is 36.4 Å². The van der Waals surface area contributed by atoms with Gasteiger partial charge in [0.15, 0.2) is 5.65 Å². The molecule has 0 aliphatic carbocycles. The summed E-state index contributed by atoms with van der Waals surface area (Å²) in [6.07, 6.45) is 0. The van der Waals surface area contributed by atoms with E-state index in [-0.39, 0.29) is 17.9 Å². The van der Waals surface area contributed by atoms with E-state index < -0.39 is 0 Å². The first-order valence-corrected chi connectivity index (χ1v) is 10.7. The molecular formula is C23H26FN5O2. The fraction of sp³-hybridized carbons (Fsp3) is 0.435. The number of halogens is 1. The summed E-state index contributed by atoms with van der Waals surface area (Å²) in [6, 6.07) is 10.7. The number of ether oxygens (including phenoxy) is 2. The molecule has 2 atom stereocenters. The van der Waals surface area contributed by atoms with Crippen LogP contribution in [0.1, 0.15) is 13.8 Å². The maximum absolute atomic E-state index is 13.4. The van der Waals surface area contributed by atoms with E-state index in [9.17, 15) is 4.39 Å². The maximum Gasteiger partial charge on any atom is 0.229 e. The highest BCUT2D eigenvalue weighted by Crippen LogP contribution is 2.31. The third kappa shape index (κ3) is 3.93. The minimum Gasteiger partial charge on any atom is -0.377 e. The molecule has 2 aliphatic rings. The molecule has 0 N–H and O–H groups in total. The standard InChI is InChI=1S/C23H26FN5O2/c1-15-13-30-11-9-28(15)22-19-7-8-20(17-3-5-18(24)6-4-17)25-21(19)26-23(27-22)29-10-12-31-14-16(29)2/h3-8,15-16H,9-14H2,1-2H3/t15-,16-/m0/s1. The normalized spacial score (nSPS) is 22.2. The molecule has 5 rings (SSSR count). The fourth-order valence-corrected chi connectivity index (χ4v) is 4.18. The van der Waals surface area contributed by atoms with Crippen molar-refractivity contribution in [3.05, 3.63) is 42.2 Å². The topological polar surface area (TPSA) is 63.6 Å². The van der Waals surface area contributed by atoms with Crippen LogP contribution in [0.2, 0.25) is 0 Å². The van der Waals surface area contributed by atoms with Gasteiger partial charge in [-0.25, -0.2) is 9.37 Å². The van der Waals surface area contributed by atoms with Gasteiger partial charge in [-0.1, -0.05) is 0 Å². The number of nitrogens with zero attached hydrogens (tertiary/aromatic N) is 5. The Balaban J connectivity index is 1.65. The summed E-state index contributed by atoms with van der Waals surface area (Å²) < 4.78 is 24.6. The summed E-state index contributed by atoms with van der Waals surface area (Å²) in [5.74, 6) is 1.28. The first-order valence-electron chi connectivity index (χ1n) is 10.7. The van der Waals surface area contributed by atoms with E-state index >= 15 is 0 Å². The van der Waals surface area contributed by atoms with E-state index in [4.69, 9.17) is 24.4 Å². The van der Waals surface area contributed by atoms with Gasteiger partial charge in [0.25, 0.3) is 0 Å². The highest BCUT2D eigenvalue weighted by molar-refractivity contribution is 5.90. The number of anilines is 2. The average molecular weight is 423 g/mol. The zero-order chi connectivity index (χ0) is 21.4.